The fraction of sp³-hybridized carbons (Fsp3) is 0.0968. The van der Waals surface area contributed by atoms with E-state index in [9.17, 15) is 17.6 Å². The Morgan fingerprint density at radius 2 is 1.80 bits per heavy atom. The fourth-order valence-electron chi connectivity index (χ4n) is 4.69. The number of carbonyl (C=O) groups is 1. The maximum absolute atomic E-state index is 14.0. The van der Waals surface area contributed by atoms with Gasteiger partial charge in [0.2, 0.25) is 11.7 Å². The molecule has 222 valence electrons. The van der Waals surface area contributed by atoms with Crippen molar-refractivity contribution >= 4 is 38.2 Å². The summed E-state index contributed by atoms with van der Waals surface area (Å²) >= 11 is 0. The molecule has 6 rings (SSSR count). The summed E-state index contributed by atoms with van der Waals surface area (Å²) in [5.74, 6) is -0.598. The molecule has 2 aromatic carbocycles. The molecule has 11 nitrogen and oxygen atoms in total. The number of nitrogens with zero attached hydrogens (tertiary/aromatic N) is 4. The standard InChI is InChI=1S/C31H26FN7O4S/c1-17-8-9-34-29(10-17)44(41,42)38-23-14-24-20(11-18(23)2)13-25(37-24)30(40)21-15-36-39(31(21)33)26-16-35-28(12-19(26)3)43-27-7-5-4-6-22(27)32/h4-16,37-38H,33H2,1-3H3. The van der Waals surface area contributed by atoms with Crippen molar-refractivity contribution in [1.82, 2.24) is 24.7 Å². The molecule has 6 aromatic rings. The molecule has 4 N–H and O–H groups in total. The number of rotatable bonds is 8. The summed E-state index contributed by atoms with van der Waals surface area (Å²) in [6, 6.07) is 15.9. The molecule has 0 aliphatic carbocycles. The van der Waals surface area contributed by atoms with Crippen LogP contribution in [0.3, 0.4) is 0 Å². The number of sulfonamides is 1. The number of aryl methyl sites for hydroxylation is 3. The summed E-state index contributed by atoms with van der Waals surface area (Å²) in [5, 5.41) is 4.93. The van der Waals surface area contributed by atoms with Crippen LogP contribution in [-0.4, -0.2) is 38.9 Å². The van der Waals surface area contributed by atoms with E-state index in [2.05, 4.69) is 24.8 Å². The van der Waals surface area contributed by atoms with Gasteiger partial charge in [0.1, 0.15) is 5.82 Å². The fourth-order valence-corrected chi connectivity index (χ4v) is 5.84. The van der Waals surface area contributed by atoms with Gasteiger partial charge in [0, 0.05) is 23.2 Å². The Bertz CT molecular complexity index is 2190. The summed E-state index contributed by atoms with van der Waals surface area (Å²) in [4.78, 5) is 24.8. The molecule has 0 amide bonds. The van der Waals surface area contributed by atoms with Crippen LogP contribution in [0.5, 0.6) is 11.6 Å². The normalized spacial score (nSPS) is 11.5. The van der Waals surface area contributed by atoms with Gasteiger partial charge >= 0.3 is 0 Å². The van der Waals surface area contributed by atoms with Crippen molar-refractivity contribution in [3.05, 3.63) is 113 Å². The average molecular weight is 612 g/mol. The van der Waals surface area contributed by atoms with E-state index in [4.69, 9.17) is 10.5 Å². The third-order valence-electron chi connectivity index (χ3n) is 7.01. The summed E-state index contributed by atoms with van der Waals surface area (Å²) in [6.45, 7) is 5.33. The minimum atomic E-state index is -3.93. The van der Waals surface area contributed by atoms with Crippen LogP contribution in [0.4, 0.5) is 15.9 Å². The quantitative estimate of drug-likeness (QED) is 0.187. The summed E-state index contributed by atoms with van der Waals surface area (Å²) in [7, 11) is -3.93. The molecule has 0 bridgehead atoms. The maximum Gasteiger partial charge on any atom is 0.279 e. The molecular weight excluding hydrogens is 585 g/mol. The molecule has 0 saturated heterocycles. The highest BCUT2D eigenvalue weighted by atomic mass is 32.2. The molecule has 44 heavy (non-hydrogen) atoms. The summed E-state index contributed by atoms with van der Waals surface area (Å²) in [5.41, 5.74) is 10.3. The molecule has 0 unspecified atom stereocenters. The van der Waals surface area contributed by atoms with Gasteiger partial charge in [-0.3, -0.25) is 9.52 Å². The van der Waals surface area contributed by atoms with Gasteiger partial charge in [-0.2, -0.15) is 13.5 Å². The number of ether oxygens (including phenoxy) is 1. The molecule has 0 aliphatic rings. The Balaban J connectivity index is 1.26. The lowest BCUT2D eigenvalue weighted by Gasteiger charge is -2.11. The number of ketones is 1. The zero-order valence-electron chi connectivity index (χ0n) is 23.8. The predicted molar refractivity (Wildman–Crippen MR) is 163 cm³/mol. The van der Waals surface area contributed by atoms with Crippen molar-refractivity contribution in [2.24, 2.45) is 0 Å². The van der Waals surface area contributed by atoms with E-state index in [1.54, 1.807) is 63.2 Å². The minimum absolute atomic E-state index is 0.0416. The van der Waals surface area contributed by atoms with Crippen LogP contribution in [0.2, 0.25) is 0 Å². The van der Waals surface area contributed by atoms with E-state index in [0.717, 1.165) is 5.56 Å². The van der Waals surface area contributed by atoms with Gasteiger partial charge in [-0.1, -0.05) is 12.1 Å². The van der Waals surface area contributed by atoms with Gasteiger partial charge in [0.15, 0.2) is 16.6 Å². The molecule has 0 radical (unpaired) electrons. The van der Waals surface area contributed by atoms with Crippen LogP contribution in [-0.2, 0) is 10.0 Å². The van der Waals surface area contributed by atoms with Crippen LogP contribution in [0, 0.1) is 26.6 Å². The summed E-state index contributed by atoms with van der Waals surface area (Å²) in [6.07, 6.45) is 4.28. The van der Waals surface area contributed by atoms with E-state index in [0.29, 0.717) is 33.4 Å². The van der Waals surface area contributed by atoms with E-state index in [-0.39, 0.29) is 33.7 Å². The van der Waals surface area contributed by atoms with Gasteiger partial charge in [-0.25, -0.2) is 19.0 Å². The van der Waals surface area contributed by atoms with Gasteiger partial charge in [0.25, 0.3) is 10.0 Å². The predicted octanol–water partition coefficient (Wildman–Crippen LogP) is 5.61. The number of hydrogen-bond acceptors (Lipinski definition) is 8. The van der Waals surface area contributed by atoms with Gasteiger partial charge in [-0.15, -0.1) is 0 Å². The SMILES string of the molecule is Cc1ccnc(S(=O)(=O)Nc2cc3[nH]c(C(=O)c4cnn(-c5cnc(Oc6ccccc6F)cc5C)c4N)cc3cc2C)c1. The third kappa shape index (κ3) is 5.36. The van der Waals surface area contributed by atoms with Crippen molar-refractivity contribution in [3.8, 4) is 17.3 Å². The Kier molecular flexibility index (Phi) is 7.09. The lowest BCUT2D eigenvalue weighted by atomic mass is 10.1. The number of carbonyl (C=O) groups excluding carboxylic acids is 1. The first-order valence-electron chi connectivity index (χ1n) is 13.4. The number of H-pyrrole nitrogens is 1. The molecule has 0 aliphatic heterocycles. The molecule has 0 fully saturated rings. The molecule has 0 spiro atoms. The lowest BCUT2D eigenvalue weighted by Crippen LogP contribution is -2.15. The summed E-state index contributed by atoms with van der Waals surface area (Å²) < 4.78 is 49.4. The van der Waals surface area contributed by atoms with Crippen LogP contribution in [0.25, 0.3) is 16.6 Å². The van der Waals surface area contributed by atoms with Crippen molar-refractivity contribution in [3.63, 3.8) is 0 Å². The highest BCUT2D eigenvalue weighted by molar-refractivity contribution is 7.92. The Morgan fingerprint density at radius 1 is 1.00 bits per heavy atom. The van der Waals surface area contributed by atoms with Crippen molar-refractivity contribution < 1.29 is 22.3 Å². The molecule has 4 heterocycles. The monoisotopic (exact) mass is 611 g/mol. The molecular formula is C31H26FN7O4S. The van der Waals surface area contributed by atoms with Gasteiger partial charge in [0.05, 0.1) is 35.0 Å². The zero-order chi connectivity index (χ0) is 31.2. The molecule has 0 saturated carbocycles. The highest BCUT2D eigenvalue weighted by Gasteiger charge is 2.22. The topological polar surface area (TPSA) is 158 Å². The zero-order valence-corrected chi connectivity index (χ0v) is 24.6. The highest BCUT2D eigenvalue weighted by Crippen LogP contribution is 2.30. The van der Waals surface area contributed by atoms with Crippen LogP contribution >= 0.6 is 0 Å². The number of para-hydroxylation sites is 1. The molecule has 13 heteroatoms. The van der Waals surface area contributed by atoms with E-state index < -0.39 is 21.6 Å². The minimum Gasteiger partial charge on any atom is -0.436 e. The number of nitrogen functional groups attached to an aromatic ring is 1. The number of benzene rings is 2. The number of hydrogen-bond donors (Lipinski definition) is 3. The number of aromatic amines is 1. The largest absolute Gasteiger partial charge is 0.436 e. The van der Waals surface area contributed by atoms with E-state index in [1.807, 2.05) is 0 Å². The number of halogens is 1. The van der Waals surface area contributed by atoms with Crippen molar-refractivity contribution in [1.29, 1.82) is 0 Å². The van der Waals surface area contributed by atoms with E-state index >= 15 is 0 Å². The number of aromatic nitrogens is 5. The van der Waals surface area contributed by atoms with Gasteiger partial charge in [-0.05, 0) is 79.9 Å². The van der Waals surface area contributed by atoms with E-state index in [1.165, 1.54) is 41.5 Å². The number of nitrogens with two attached hydrogens (primary N) is 1. The first-order valence-corrected chi connectivity index (χ1v) is 14.8. The second kappa shape index (κ2) is 10.9. The Morgan fingerprint density at radius 3 is 2.55 bits per heavy atom. The van der Waals surface area contributed by atoms with Gasteiger partial charge < -0.3 is 15.5 Å². The first-order chi connectivity index (χ1) is 21.0. The third-order valence-corrected chi connectivity index (χ3v) is 8.27. The Labute approximate surface area is 251 Å². The molecule has 0 atom stereocenters. The number of nitrogens with one attached hydrogen (secondary N) is 2. The number of anilines is 2. The molecule has 4 aromatic heterocycles. The number of fused-ring (bicyclic) bond motifs is 1. The maximum atomic E-state index is 14.0. The second-order valence-corrected chi connectivity index (χ2v) is 11.9. The smallest absolute Gasteiger partial charge is 0.279 e. The van der Waals surface area contributed by atoms with Crippen LogP contribution in [0.15, 0.2) is 84.3 Å². The van der Waals surface area contributed by atoms with Crippen LogP contribution < -0.4 is 15.2 Å². The first kappa shape index (κ1) is 28.6. The average Bonchev–Trinajstić information content (AvgIpc) is 3.57. The van der Waals surface area contributed by atoms with Crippen molar-refractivity contribution in [2.75, 3.05) is 10.5 Å². The Hall–Kier alpha value is -5.56. The van der Waals surface area contributed by atoms with Crippen molar-refractivity contribution in [2.45, 2.75) is 25.8 Å². The second-order valence-electron chi connectivity index (χ2n) is 10.2. The number of pyridine rings is 2. The lowest BCUT2D eigenvalue weighted by molar-refractivity contribution is 0.103. The van der Waals surface area contributed by atoms with Crippen LogP contribution in [0.1, 0.15) is 32.7 Å².